The van der Waals surface area contributed by atoms with Gasteiger partial charge in [0, 0.05) is 35.6 Å². The molecule has 158 valence electrons. The smallest absolute Gasteiger partial charge is 0.264 e. The maximum absolute atomic E-state index is 13.2. The fourth-order valence-electron chi connectivity index (χ4n) is 3.54. The monoisotopic (exact) mass is 429 g/mol. The Morgan fingerprint density at radius 2 is 1.77 bits per heavy atom. The lowest BCUT2D eigenvalue weighted by atomic mass is 9.85. The number of aromatic nitrogens is 3. The molecule has 0 spiro atoms. The largest absolute Gasteiger partial charge is 0.420 e. The van der Waals surface area contributed by atoms with Crippen molar-refractivity contribution >= 4 is 27.3 Å². The third-order valence-corrected chi connectivity index (χ3v) is 6.70. The van der Waals surface area contributed by atoms with E-state index in [-0.39, 0.29) is 22.6 Å². The molecular weight excluding hydrogens is 406 g/mol. The quantitative estimate of drug-likeness (QED) is 0.548. The first-order valence-electron chi connectivity index (χ1n) is 9.68. The predicted octanol–water partition coefficient (Wildman–Crippen LogP) is 3.71. The first-order chi connectivity index (χ1) is 14.2. The zero-order valence-corrected chi connectivity index (χ0v) is 17.8. The molecule has 1 aromatic carbocycles. The first-order valence-corrected chi connectivity index (χ1v) is 11.2. The molecule has 2 aromatic heterocycles. The van der Waals surface area contributed by atoms with Gasteiger partial charge in [0.15, 0.2) is 0 Å². The van der Waals surface area contributed by atoms with Crippen LogP contribution in [0, 0.1) is 13.8 Å². The van der Waals surface area contributed by atoms with Gasteiger partial charge in [-0.1, -0.05) is 6.42 Å². The number of hydrogen-bond acceptors (Lipinski definition) is 6. The van der Waals surface area contributed by atoms with E-state index in [0.717, 1.165) is 19.3 Å². The van der Waals surface area contributed by atoms with Gasteiger partial charge in [0.05, 0.1) is 5.56 Å². The third kappa shape index (κ3) is 3.82. The van der Waals surface area contributed by atoms with Crippen LogP contribution in [0.1, 0.15) is 49.4 Å². The number of benzene rings is 1. The molecule has 10 heteroatoms. The van der Waals surface area contributed by atoms with Gasteiger partial charge < -0.3 is 14.7 Å². The third-order valence-electron chi connectivity index (χ3n) is 5.15. The molecule has 3 N–H and O–H groups in total. The Kier molecular flexibility index (Phi) is 5.10. The maximum Gasteiger partial charge on any atom is 0.264 e. The van der Waals surface area contributed by atoms with E-state index in [1.165, 1.54) is 6.92 Å². The normalized spacial score (nSPS) is 14.4. The molecule has 1 aliphatic rings. The minimum absolute atomic E-state index is 0.0785. The predicted molar refractivity (Wildman–Crippen MR) is 112 cm³/mol. The molecule has 0 saturated heterocycles. The molecule has 1 amide bonds. The molecular formula is C20H23N5O4S. The summed E-state index contributed by atoms with van der Waals surface area (Å²) in [6, 6.07) is 6.41. The second-order valence-electron chi connectivity index (χ2n) is 7.52. The molecule has 3 aromatic rings. The second-order valence-corrected chi connectivity index (χ2v) is 9.14. The number of sulfonamides is 1. The zero-order chi connectivity index (χ0) is 21.5. The number of aromatic amines is 1. The summed E-state index contributed by atoms with van der Waals surface area (Å²) in [6.45, 7) is 4.87. The SMILES string of the molecule is CC(=O)Nc1ccc(NS(=O)(=O)c2c(C)[nH]c(C)c2-c2nnc(C3CCC3)o2)cc1. The number of hydrogen-bond donors (Lipinski definition) is 3. The lowest BCUT2D eigenvalue weighted by molar-refractivity contribution is -0.114. The number of nitrogens with zero attached hydrogens (tertiary/aromatic N) is 2. The van der Waals surface area contributed by atoms with Gasteiger partial charge in [-0.2, -0.15) is 0 Å². The lowest BCUT2D eigenvalue weighted by Gasteiger charge is -2.20. The number of anilines is 2. The van der Waals surface area contributed by atoms with Crippen molar-refractivity contribution in [2.75, 3.05) is 10.0 Å². The molecule has 30 heavy (non-hydrogen) atoms. The maximum atomic E-state index is 13.2. The van der Waals surface area contributed by atoms with Crippen LogP contribution in [0.15, 0.2) is 33.6 Å². The van der Waals surface area contributed by atoms with E-state index >= 15 is 0 Å². The Morgan fingerprint density at radius 3 is 2.37 bits per heavy atom. The van der Waals surface area contributed by atoms with Gasteiger partial charge in [-0.25, -0.2) is 8.42 Å². The Hall–Kier alpha value is -3.14. The minimum Gasteiger partial charge on any atom is -0.420 e. The van der Waals surface area contributed by atoms with E-state index in [4.69, 9.17) is 4.42 Å². The Balaban J connectivity index is 1.65. The number of carbonyl (C=O) groups is 1. The zero-order valence-electron chi connectivity index (χ0n) is 16.9. The van der Waals surface area contributed by atoms with E-state index in [9.17, 15) is 13.2 Å². The minimum atomic E-state index is -3.94. The highest BCUT2D eigenvalue weighted by atomic mass is 32.2. The first kappa shape index (κ1) is 20.1. The van der Waals surface area contributed by atoms with Crippen LogP contribution in [-0.4, -0.2) is 29.5 Å². The fourth-order valence-corrected chi connectivity index (χ4v) is 5.05. The second kappa shape index (κ2) is 7.60. The summed E-state index contributed by atoms with van der Waals surface area (Å²) in [5.74, 6) is 0.804. The van der Waals surface area contributed by atoms with Gasteiger partial charge in [-0.05, 0) is 51.0 Å². The van der Waals surface area contributed by atoms with Crippen LogP contribution < -0.4 is 10.0 Å². The summed E-state index contributed by atoms with van der Waals surface area (Å²) >= 11 is 0. The van der Waals surface area contributed by atoms with E-state index in [2.05, 4.69) is 25.2 Å². The molecule has 0 atom stereocenters. The van der Waals surface area contributed by atoms with Crippen molar-refractivity contribution in [2.24, 2.45) is 0 Å². The number of nitrogens with one attached hydrogen (secondary N) is 3. The molecule has 0 aliphatic heterocycles. The number of rotatable bonds is 6. The van der Waals surface area contributed by atoms with E-state index in [0.29, 0.717) is 34.2 Å². The average molecular weight is 430 g/mol. The highest BCUT2D eigenvalue weighted by Crippen LogP contribution is 2.39. The summed E-state index contributed by atoms with van der Waals surface area (Å²) < 4.78 is 34.8. The fraction of sp³-hybridized carbons (Fsp3) is 0.350. The van der Waals surface area contributed by atoms with Crippen molar-refractivity contribution in [3.63, 3.8) is 0 Å². The van der Waals surface area contributed by atoms with Gasteiger partial charge in [0.1, 0.15) is 4.90 Å². The van der Waals surface area contributed by atoms with Crippen molar-refractivity contribution in [1.29, 1.82) is 0 Å². The van der Waals surface area contributed by atoms with E-state index in [1.54, 1.807) is 38.1 Å². The van der Waals surface area contributed by atoms with E-state index < -0.39 is 10.0 Å². The Morgan fingerprint density at radius 1 is 1.10 bits per heavy atom. The number of aryl methyl sites for hydroxylation is 2. The van der Waals surface area contributed by atoms with Gasteiger partial charge in [0.25, 0.3) is 15.9 Å². The van der Waals surface area contributed by atoms with Crippen LogP contribution in [0.2, 0.25) is 0 Å². The van der Waals surface area contributed by atoms with Crippen molar-refractivity contribution in [2.45, 2.75) is 50.8 Å². The van der Waals surface area contributed by atoms with Crippen molar-refractivity contribution in [3.05, 3.63) is 41.5 Å². The highest BCUT2D eigenvalue weighted by Gasteiger charge is 2.31. The van der Waals surface area contributed by atoms with Crippen LogP contribution >= 0.6 is 0 Å². The number of carbonyl (C=O) groups excluding carboxylic acids is 1. The molecule has 2 heterocycles. The molecule has 0 bridgehead atoms. The molecule has 1 fully saturated rings. The summed E-state index contributed by atoms with van der Waals surface area (Å²) in [6.07, 6.45) is 3.15. The Labute approximate surface area is 174 Å². The number of amides is 1. The van der Waals surface area contributed by atoms with Crippen molar-refractivity contribution in [3.8, 4) is 11.5 Å². The summed E-state index contributed by atoms with van der Waals surface area (Å²) in [7, 11) is -3.94. The standard InChI is InChI=1S/C20H23N5O4S/c1-11-17(20-24-23-19(29-20)14-5-4-6-14)18(12(2)21-11)30(27,28)25-16-9-7-15(8-10-16)22-13(3)26/h7-10,14,21,25H,4-6H2,1-3H3,(H,22,26). The van der Waals surface area contributed by atoms with Crippen molar-refractivity contribution in [1.82, 2.24) is 15.2 Å². The molecule has 1 saturated carbocycles. The van der Waals surface area contributed by atoms with Crippen LogP contribution in [0.3, 0.4) is 0 Å². The number of H-pyrrole nitrogens is 1. The van der Waals surface area contributed by atoms with Crippen LogP contribution in [0.4, 0.5) is 11.4 Å². The van der Waals surface area contributed by atoms with Crippen LogP contribution in [0.25, 0.3) is 11.5 Å². The van der Waals surface area contributed by atoms with Crippen molar-refractivity contribution < 1.29 is 17.6 Å². The van der Waals surface area contributed by atoms with Gasteiger partial charge in [-0.15, -0.1) is 10.2 Å². The van der Waals surface area contributed by atoms with Gasteiger partial charge in [0.2, 0.25) is 11.8 Å². The summed E-state index contributed by atoms with van der Waals surface area (Å²) in [4.78, 5) is 14.3. The lowest BCUT2D eigenvalue weighted by Crippen LogP contribution is -2.14. The highest BCUT2D eigenvalue weighted by molar-refractivity contribution is 7.93. The summed E-state index contributed by atoms with van der Waals surface area (Å²) in [5, 5.41) is 10.9. The average Bonchev–Trinajstić information content (AvgIpc) is 3.18. The molecule has 1 aliphatic carbocycles. The molecule has 0 radical (unpaired) electrons. The Bertz CT molecular complexity index is 1190. The topological polar surface area (TPSA) is 130 Å². The molecule has 4 rings (SSSR count). The summed E-state index contributed by atoms with van der Waals surface area (Å²) in [5.41, 5.74) is 2.45. The molecule has 9 nitrogen and oxygen atoms in total. The van der Waals surface area contributed by atoms with Crippen LogP contribution in [0.5, 0.6) is 0 Å². The van der Waals surface area contributed by atoms with Gasteiger partial charge in [-0.3, -0.25) is 9.52 Å². The molecule has 0 unspecified atom stereocenters. The van der Waals surface area contributed by atoms with E-state index in [1.807, 2.05) is 0 Å². The van der Waals surface area contributed by atoms with Crippen LogP contribution in [-0.2, 0) is 14.8 Å². The van der Waals surface area contributed by atoms with Gasteiger partial charge >= 0.3 is 0 Å².